The van der Waals surface area contributed by atoms with Gasteiger partial charge in [0.25, 0.3) is 0 Å². The molecule has 0 bridgehead atoms. The van der Waals surface area contributed by atoms with Crippen molar-refractivity contribution in [3.8, 4) is 17.5 Å². The number of rotatable bonds is 4. The van der Waals surface area contributed by atoms with Crippen LogP contribution < -0.4 is 11.1 Å². The lowest BCUT2D eigenvalue weighted by atomic mass is 10.1. The number of nitriles is 1. The molecule has 8 nitrogen and oxygen atoms in total. The molecule has 4 rings (SSSR count). The molecule has 0 aliphatic heterocycles. The molecule has 0 amide bonds. The van der Waals surface area contributed by atoms with Crippen molar-refractivity contribution in [2.24, 2.45) is 0 Å². The Labute approximate surface area is 155 Å². The van der Waals surface area contributed by atoms with Crippen molar-refractivity contribution in [1.82, 2.24) is 24.6 Å². The molecular weight excluding hydrogens is 340 g/mol. The van der Waals surface area contributed by atoms with Crippen molar-refractivity contribution >= 4 is 17.3 Å². The second-order valence-electron chi connectivity index (χ2n) is 6.01. The highest BCUT2D eigenvalue weighted by atomic mass is 15.3. The zero-order valence-corrected chi connectivity index (χ0v) is 14.5. The van der Waals surface area contributed by atoms with E-state index in [0.29, 0.717) is 34.2 Å². The maximum atomic E-state index is 9.47. The molecule has 0 fully saturated rings. The minimum atomic E-state index is 0.00272. The number of aromatic nitrogens is 5. The van der Waals surface area contributed by atoms with E-state index in [4.69, 9.17) is 5.73 Å². The van der Waals surface area contributed by atoms with Crippen LogP contribution in [0, 0.1) is 11.3 Å². The molecule has 0 saturated heterocycles. The van der Waals surface area contributed by atoms with Gasteiger partial charge in [-0.25, -0.2) is 19.5 Å². The van der Waals surface area contributed by atoms with Crippen molar-refractivity contribution < 1.29 is 0 Å². The van der Waals surface area contributed by atoms with Crippen molar-refractivity contribution in [3.63, 3.8) is 0 Å². The first-order valence-electron chi connectivity index (χ1n) is 8.34. The minimum Gasteiger partial charge on any atom is -0.396 e. The Balaban J connectivity index is 1.75. The SMILES string of the molecule is C[C@H](Nc1ncc(C#N)c(-c2cnc3c(N)ccnn23)n1)c1ccccc1. The molecule has 1 atom stereocenters. The third kappa shape index (κ3) is 3.02. The average Bonchev–Trinajstić information content (AvgIpc) is 3.14. The lowest BCUT2D eigenvalue weighted by Crippen LogP contribution is -2.10. The lowest BCUT2D eigenvalue weighted by Gasteiger charge is -2.15. The highest BCUT2D eigenvalue weighted by Gasteiger charge is 2.17. The van der Waals surface area contributed by atoms with Gasteiger partial charge in [-0.2, -0.15) is 10.4 Å². The van der Waals surface area contributed by atoms with E-state index in [1.54, 1.807) is 23.0 Å². The van der Waals surface area contributed by atoms with E-state index < -0.39 is 0 Å². The van der Waals surface area contributed by atoms with E-state index >= 15 is 0 Å². The van der Waals surface area contributed by atoms with Crippen LogP contribution in [0.4, 0.5) is 11.6 Å². The van der Waals surface area contributed by atoms with Crippen LogP contribution in [0.25, 0.3) is 17.0 Å². The molecule has 3 heterocycles. The number of anilines is 2. The largest absolute Gasteiger partial charge is 0.396 e. The van der Waals surface area contributed by atoms with Crippen molar-refractivity contribution in [2.45, 2.75) is 13.0 Å². The van der Waals surface area contributed by atoms with Crippen LogP contribution in [0.1, 0.15) is 24.1 Å². The highest BCUT2D eigenvalue weighted by molar-refractivity contribution is 5.71. The second-order valence-corrected chi connectivity index (χ2v) is 6.01. The van der Waals surface area contributed by atoms with Crippen LogP contribution in [0.2, 0.25) is 0 Å². The molecular formula is C19H16N8. The number of nitrogens with one attached hydrogen (secondary N) is 1. The predicted octanol–water partition coefficient (Wildman–Crippen LogP) is 2.81. The monoisotopic (exact) mass is 356 g/mol. The maximum Gasteiger partial charge on any atom is 0.223 e. The Morgan fingerprint density at radius 3 is 2.74 bits per heavy atom. The van der Waals surface area contributed by atoms with E-state index in [1.165, 1.54) is 6.20 Å². The van der Waals surface area contributed by atoms with Gasteiger partial charge in [-0.3, -0.25) is 0 Å². The molecule has 0 unspecified atom stereocenters. The Morgan fingerprint density at radius 2 is 1.96 bits per heavy atom. The lowest BCUT2D eigenvalue weighted by molar-refractivity contribution is 0.859. The molecule has 132 valence electrons. The Hall–Kier alpha value is -3.99. The molecule has 0 saturated carbocycles. The highest BCUT2D eigenvalue weighted by Crippen LogP contribution is 2.25. The van der Waals surface area contributed by atoms with Gasteiger partial charge in [0.05, 0.1) is 35.9 Å². The van der Waals surface area contributed by atoms with Crippen LogP contribution in [-0.2, 0) is 0 Å². The van der Waals surface area contributed by atoms with Crippen molar-refractivity contribution in [2.75, 3.05) is 11.1 Å². The zero-order chi connectivity index (χ0) is 18.8. The second kappa shape index (κ2) is 6.72. The summed E-state index contributed by atoms with van der Waals surface area (Å²) in [7, 11) is 0. The van der Waals surface area contributed by atoms with Gasteiger partial charge < -0.3 is 11.1 Å². The van der Waals surface area contributed by atoms with Gasteiger partial charge >= 0.3 is 0 Å². The molecule has 0 radical (unpaired) electrons. The fourth-order valence-corrected chi connectivity index (χ4v) is 2.82. The number of hydrogen-bond acceptors (Lipinski definition) is 7. The van der Waals surface area contributed by atoms with Crippen LogP contribution >= 0.6 is 0 Å². The van der Waals surface area contributed by atoms with E-state index in [9.17, 15) is 5.26 Å². The number of fused-ring (bicyclic) bond motifs is 1. The Morgan fingerprint density at radius 1 is 1.15 bits per heavy atom. The van der Waals surface area contributed by atoms with Gasteiger partial charge in [0, 0.05) is 0 Å². The first kappa shape index (κ1) is 16.5. The van der Waals surface area contributed by atoms with Gasteiger partial charge in [-0.15, -0.1) is 0 Å². The fourth-order valence-electron chi connectivity index (χ4n) is 2.82. The topological polar surface area (TPSA) is 118 Å². The summed E-state index contributed by atoms with van der Waals surface area (Å²) >= 11 is 0. The van der Waals surface area contributed by atoms with E-state index in [1.807, 2.05) is 37.3 Å². The van der Waals surface area contributed by atoms with Crippen LogP contribution in [-0.4, -0.2) is 24.6 Å². The molecule has 0 spiro atoms. The maximum absolute atomic E-state index is 9.47. The number of nitrogen functional groups attached to an aromatic ring is 1. The summed E-state index contributed by atoms with van der Waals surface area (Å²) in [6, 6.07) is 13.8. The van der Waals surface area contributed by atoms with Crippen LogP contribution in [0.15, 0.2) is 55.0 Å². The summed E-state index contributed by atoms with van der Waals surface area (Å²) in [6.45, 7) is 2.02. The van der Waals surface area contributed by atoms with Gasteiger partial charge in [0.1, 0.15) is 17.5 Å². The Bertz CT molecular complexity index is 1140. The third-order valence-corrected chi connectivity index (χ3v) is 4.23. The molecule has 4 aromatic rings. The normalized spacial score (nSPS) is 11.9. The van der Waals surface area contributed by atoms with Gasteiger partial charge in [0.15, 0.2) is 5.65 Å². The molecule has 27 heavy (non-hydrogen) atoms. The van der Waals surface area contributed by atoms with E-state index in [0.717, 1.165) is 5.56 Å². The van der Waals surface area contributed by atoms with Gasteiger partial charge in [-0.1, -0.05) is 30.3 Å². The number of nitrogens with zero attached hydrogens (tertiary/aromatic N) is 6. The van der Waals surface area contributed by atoms with Crippen LogP contribution in [0.5, 0.6) is 0 Å². The van der Waals surface area contributed by atoms with Gasteiger partial charge in [0.2, 0.25) is 5.95 Å². The number of benzene rings is 1. The molecule has 8 heteroatoms. The van der Waals surface area contributed by atoms with Crippen molar-refractivity contribution in [1.29, 1.82) is 5.26 Å². The minimum absolute atomic E-state index is 0.00272. The molecule has 1 aromatic carbocycles. The smallest absolute Gasteiger partial charge is 0.223 e. The average molecular weight is 356 g/mol. The Kier molecular flexibility index (Phi) is 4.10. The van der Waals surface area contributed by atoms with E-state index in [-0.39, 0.29) is 6.04 Å². The van der Waals surface area contributed by atoms with E-state index in [2.05, 4.69) is 31.4 Å². The first-order valence-corrected chi connectivity index (χ1v) is 8.34. The number of imidazole rings is 1. The van der Waals surface area contributed by atoms with Crippen LogP contribution in [0.3, 0.4) is 0 Å². The first-order chi connectivity index (χ1) is 13.2. The predicted molar refractivity (Wildman–Crippen MR) is 102 cm³/mol. The summed E-state index contributed by atoms with van der Waals surface area (Å²) in [5, 5.41) is 17.0. The van der Waals surface area contributed by atoms with Gasteiger partial charge in [-0.05, 0) is 18.6 Å². The molecule has 3 aromatic heterocycles. The summed E-state index contributed by atoms with van der Waals surface area (Å²) in [5.41, 5.74) is 9.42. The van der Waals surface area contributed by atoms with Crippen molar-refractivity contribution in [3.05, 3.63) is 66.1 Å². The third-order valence-electron chi connectivity index (χ3n) is 4.23. The quantitative estimate of drug-likeness (QED) is 0.577. The fraction of sp³-hybridized carbons (Fsp3) is 0.105. The standard InChI is InChI=1S/C19H16N8/c1-12(13-5-3-2-4-6-13)25-19-23-10-14(9-20)17(26-19)16-11-22-18-15(21)7-8-24-27(16)18/h2-8,10-12H,21H2,1H3,(H,23,25,26)/t12-/m0/s1. The molecule has 0 aliphatic rings. The molecule has 0 aliphatic carbocycles. The zero-order valence-electron chi connectivity index (χ0n) is 14.5. The summed E-state index contributed by atoms with van der Waals surface area (Å²) in [6.07, 6.45) is 4.68. The number of nitrogens with two attached hydrogens (primary N) is 1. The summed E-state index contributed by atoms with van der Waals surface area (Å²) < 4.78 is 1.57. The number of hydrogen-bond donors (Lipinski definition) is 2. The summed E-state index contributed by atoms with van der Waals surface area (Å²) in [5.74, 6) is 0.416. The molecule has 3 N–H and O–H groups in total. The summed E-state index contributed by atoms with van der Waals surface area (Å²) in [4.78, 5) is 13.1.